The first-order valence-corrected chi connectivity index (χ1v) is 4.64. The van der Waals surface area contributed by atoms with Crippen molar-refractivity contribution < 1.29 is 19.0 Å². The normalized spacial score (nSPS) is 10.7. The molecule has 2 aromatic rings. The van der Waals surface area contributed by atoms with Crippen molar-refractivity contribution in [3.8, 4) is 5.75 Å². The summed E-state index contributed by atoms with van der Waals surface area (Å²) in [6.45, 7) is 1.66. The SMILES string of the molecule is COC(=O)n1c(C)cc2c(F)c(O)ccc21. The van der Waals surface area contributed by atoms with E-state index < -0.39 is 17.7 Å². The first-order valence-electron chi connectivity index (χ1n) is 4.64. The fourth-order valence-corrected chi connectivity index (χ4v) is 1.70. The van der Waals surface area contributed by atoms with E-state index in [9.17, 15) is 14.3 Å². The van der Waals surface area contributed by atoms with E-state index in [-0.39, 0.29) is 5.39 Å². The Kier molecular flexibility index (Phi) is 2.30. The second kappa shape index (κ2) is 3.52. The van der Waals surface area contributed by atoms with Crippen LogP contribution in [0.2, 0.25) is 0 Å². The van der Waals surface area contributed by atoms with Crippen molar-refractivity contribution in [3.63, 3.8) is 0 Å². The van der Waals surface area contributed by atoms with E-state index in [4.69, 9.17) is 0 Å². The van der Waals surface area contributed by atoms with Crippen LogP contribution in [0.5, 0.6) is 5.75 Å². The Morgan fingerprint density at radius 1 is 1.50 bits per heavy atom. The lowest BCUT2D eigenvalue weighted by Gasteiger charge is -2.04. The summed E-state index contributed by atoms with van der Waals surface area (Å²) in [7, 11) is 1.25. The summed E-state index contributed by atoms with van der Waals surface area (Å²) in [6, 6.07) is 4.16. The van der Waals surface area contributed by atoms with E-state index in [0.29, 0.717) is 11.2 Å². The molecule has 2 rings (SSSR count). The van der Waals surface area contributed by atoms with Gasteiger partial charge in [-0.2, -0.15) is 0 Å². The molecule has 4 nitrogen and oxygen atoms in total. The summed E-state index contributed by atoms with van der Waals surface area (Å²) < 4.78 is 19.4. The summed E-state index contributed by atoms with van der Waals surface area (Å²) in [5.74, 6) is -1.17. The van der Waals surface area contributed by atoms with Crippen molar-refractivity contribution in [2.45, 2.75) is 6.92 Å². The third-order valence-corrected chi connectivity index (χ3v) is 2.44. The highest BCUT2D eigenvalue weighted by Gasteiger charge is 2.16. The maximum absolute atomic E-state index is 13.5. The first-order chi connectivity index (χ1) is 7.56. The lowest BCUT2D eigenvalue weighted by molar-refractivity contribution is 0.173. The Morgan fingerprint density at radius 3 is 2.81 bits per heavy atom. The minimum absolute atomic E-state index is 0.197. The zero-order valence-electron chi connectivity index (χ0n) is 8.82. The highest BCUT2D eigenvalue weighted by Crippen LogP contribution is 2.28. The molecular weight excluding hydrogens is 213 g/mol. The minimum Gasteiger partial charge on any atom is -0.505 e. The summed E-state index contributed by atoms with van der Waals surface area (Å²) in [4.78, 5) is 11.5. The van der Waals surface area contributed by atoms with Crippen molar-refractivity contribution in [2.24, 2.45) is 0 Å². The molecule has 0 unspecified atom stereocenters. The Balaban J connectivity index is 2.82. The Labute approximate surface area is 90.9 Å². The number of phenolic OH excluding ortho intramolecular Hbond substituents is 1. The van der Waals surface area contributed by atoms with Crippen LogP contribution < -0.4 is 0 Å². The number of aryl methyl sites for hydroxylation is 1. The smallest absolute Gasteiger partial charge is 0.418 e. The number of phenols is 1. The maximum Gasteiger partial charge on any atom is 0.418 e. The molecule has 0 bridgehead atoms. The van der Waals surface area contributed by atoms with E-state index >= 15 is 0 Å². The molecule has 0 aliphatic carbocycles. The third-order valence-electron chi connectivity index (χ3n) is 2.44. The van der Waals surface area contributed by atoms with Crippen molar-refractivity contribution in [3.05, 3.63) is 29.7 Å². The van der Waals surface area contributed by atoms with Crippen LogP contribution in [-0.2, 0) is 4.74 Å². The molecule has 0 aliphatic rings. The second-order valence-electron chi connectivity index (χ2n) is 3.42. The number of aromatic hydroxyl groups is 1. The van der Waals surface area contributed by atoms with E-state index in [1.54, 1.807) is 6.92 Å². The van der Waals surface area contributed by atoms with Crippen LogP contribution >= 0.6 is 0 Å². The van der Waals surface area contributed by atoms with Crippen molar-refractivity contribution >= 4 is 17.0 Å². The van der Waals surface area contributed by atoms with Gasteiger partial charge in [-0.15, -0.1) is 0 Å². The van der Waals surface area contributed by atoms with Gasteiger partial charge < -0.3 is 9.84 Å². The number of carbonyl (C=O) groups is 1. The van der Waals surface area contributed by atoms with Crippen molar-refractivity contribution in [1.82, 2.24) is 4.57 Å². The predicted octanol–water partition coefficient (Wildman–Crippen LogP) is 2.41. The summed E-state index contributed by atoms with van der Waals surface area (Å²) >= 11 is 0. The number of hydrogen-bond acceptors (Lipinski definition) is 3. The molecule has 0 atom stereocenters. The number of hydrogen-bond donors (Lipinski definition) is 1. The lowest BCUT2D eigenvalue weighted by Crippen LogP contribution is -2.12. The molecule has 5 heteroatoms. The van der Waals surface area contributed by atoms with Crippen LogP contribution in [0.4, 0.5) is 9.18 Å². The lowest BCUT2D eigenvalue weighted by atomic mass is 10.2. The number of halogens is 1. The zero-order chi connectivity index (χ0) is 11.9. The van der Waals surface area contributed by atoms with E-state index in [0.717, 1.165) is 0 Å². The van der Waals surface area contributed by atoms with Gasteiger partial charge in [0.25, 0.3) is 0 Å². The number of carbonyl (C=O) groups excluding carboxylic acids is 1. The van der Waals surface area contributed by atoms with Gasteiger partial charge in [0.2, 0.25) is 0 Å². The van der Waals surface area contributed by atoms with E-state index in [1.807, 2.05) is 0 Å². The largest absolute Gasteiger partial charge is 0.505 e. The molecule has 1 aromatic heterocycles. The summed E-state index contributed by atoms with van der Waals surface area (Å²) in [6.07, 6.45) is -0.586. The molecule has 84 valence electrons. The van der Waals surface area contributed by atoms with Gasteiger partial charge in [0.1, 0.15) is 0 Å². The fraction of sp³-hybridized carbons (Fsp3) is 0.182. The number of nitrogens with zero attached hydrogens (tertiary/aromatic N) is 1. The molecule has 1 N–H and O–H groups in total. The molecule has 0 spiro atoms. The highest BCUT2D eigenvalue weighted by molar-refractivity contribution is 5.91. The molecule has 0 fully saturated rings. The zero-order valence-corrected chi connectivity index (χ0v) is 8.82. The number of benzene rings is 1. The van der Waals surface area contributed by atoms with Crippen LogP contribution in [0.15, 0.2) is 18.2 Å². The topological polar surface area (TPSA) is 51.5 Å². The molecular formula is C11H10FNO3. The van der Waals surface area contributed by atoms with Gasteiger partial charge in [0.15, 0.2) is 11.6 Å². The number of ether oxygens (including phenoxy) is 1. The predicted molar refractivity (Wildman–Crippen MR) is 56.1 cm³/mol. The number of methoxy groups -OCH3 is 1. The Bertz CT molecular complexity index is 574. The number of fused-ring (bicyclic) bond motifs is 1. The van der Waals surface area contributed by atoms with Crippen molar-refractivity contribution in [2.75, 3.05) is 7.11 Å². The Hall–Kier alpha value is -2.04. The van der Waals surface area contributed by atoms with Gasteiger partial charge in [0, 0.05) is 11.1 Å². The average Bonchev–Trinajstić information content (AvgIpc) is 2.60. The quantitative estimate of drug-likeness (QED) is 0.746. The Morgan fingerprint density at radius 2 is 2.19 bits per heavy atom. The monoisotopic (exact) mass is 223 g/mol. The third kappa shape index (κ3) is 1.32. The van der Waals surface area contributed by atoms with Gasteiger partial charge in [0.05, 0.1) is 12.6 Å². The molecule has 0 amide bonds. The molecule has 0 saturated carbocycles. The summed E-state index contributed by atoms with van der Waals surface area (Å²) in [5, 5.41) is 9.41. The van der Waals surface area contributed by atoms with Crippen LogP contribution in [0.1, 0.15) is 5.69 Å². The molecule has 1 aromatic carbocycles. The van der Waals surface area contributed by atoms with Gasteiger partial charge in [-0.1, -0.05) is 0 Å². The van der Waals surface area contributed by atoms with Crippen LogP contribution in [-0.4, -0.2) is 22.9 Å². The fourth-order valence-electron chi connectivity index (χ4n) is 1.70. The molecule has 0 aliphatic heterocycles. The molecule has 16 heavy (non-hydrogen) atoms. The van der Waals surface area contributed by atoms with E-state index in [2.05, 4.69) is 4.74 Å². The standard InChI is InChI=1S/C11H10FNO3/c1-6-5-7-8(13(6)11(15)16-2)3-4-9(14)10(7)12/h3-5,14H,1-2H3. The molecule has 1 heterocycles. The maximum atomic E-state index is 13.5. The number of aromatic nitrogens is 1. The van der Waals surface area contributed by atoms with Gasteiger partial charge >= 0.3 is 6.09 Å². The number of rotatable bonds is 0. The minimum atomic E-state index is -0.733. The molecule has 0 saturated heterocycles. The first kappa shape index (κ1) is 10.5. The average molecular weight is 223 g/mol. The van der Waals surface area contributed by atoms with Crippen LogP contribution in [0, 0.1) is 12.7 Å². The van der Waals surface area contributed by atoms with E-state index in [1.165, 1.54) is 29.9 Å². The second-order valence-corrected chi connectivity index (χ2v) is 3.42. The van der Waals surface area contributed by atoms with Crippen LogP contribution in [0.3, 0.4) is 0 Å². The summed E-state index contributed by atoms with van der Waals surface area (Å²) in [5.41, 5.74) is 0.922. The molecule has 0 radical (unpaired) electrons. The highest BCUT2D eigenvalue weighted by atomic mass is 19.1. The van der Waals surface area contributed by atoms with Gasteiger partial charge in [-0.05, 0) is 25.1 Å². The van der Waals surface area contributed by atoms with Crippen LogP contribution in [0.25, 0.3) is 10.9 Å². The van der Waals surface area contributed by atoms with Gasteiger partial charge in [-0.25, -0.2) is 13.8 Å². The van der Waals surface area contributed by atoms with Crippen molar-refractivity contribution in [1.29, 1.82) is 0 Å². The van der Waals surface area contributed by atoms with Gasteiger partial charge in [-0.3, -0.25) is 0 Å².